The van der Waals surface area contributed by atoms with Crippen LogP contribution in [0.5, 0.6) is 5.75 Å². The van der Waals surface area contributed by atoms with E-state index in [4.69, 9.17) is 0 Å². The number of nitrogens with one attached hydrogen (secondary N) is 1. The Morgan fingerprint density at radius 2 is 1.63 bits per heavy atom. The first-order valence-electron chi connectivity index (χ1n) is 7.58. The van der Waals surface area contributed by atoms with E-state index in [1.54, 1.807) is 6.92 Å². The van der Waals surface area contributed by atoms with E-state index in [2.05, 4.69) is 15.0 Å². The van der Waals surface area contributed by atoms with Crippen molar-refractivity contribution in [2.24, 2.45) is 0 Å². The molecule has 0 spiro atoms. The van der Waals surface area contributed by atoms with E-state index in [-0.39, 0.29) is 11.3 Å². The molecule has 0 radical (unpaired) electrons. The summed E-state index contributed by atoms with van der Waals surface area (Å²) in [6, 6.07) is 5.98. The summed E-state index contributed by atoms with van der Waals surface area (Å²) < 4.78 is 78.1. The molecule has 1 aromatic carbocycles. The lowest BCUT2D eigenvalue weighted by Crippen LogP contribution is -2.28. The van der Waals surface area contributed by atoms with Crippen molar-refractivity contribution in [1.82, 2.24) is 10.3 Å². The third-order valence-corrected chi connectivity index (χ3v) is 3.58. The molecule has 1 unspecified atom stereocenters. The van der Waals surface area contributed by atoms with Gasteiger partial charge in [-0.15, -0.1) is 13.2 Å². The molecule has 0 aliphatic rings. The number of benzene rings is 1. The van der Waals surface area contributed by atoms with Crippen molar-refractivity contribution in [3.8, 4) is 5.75 Å². The zero-order chi connectivity index (χ0) is 20.4. The molecule has 1 N–H and O–H groups in total. The summed E-state index contributed by atoms with van der Waals surface area (Å²) in [5.74, 6) is -1.07. The molecule has 0 bridgehead atoms. The zero-order valence-electron chi connectivity index (χ0n) is 14.1. The standard InChI is InChI=1S/C17H14F6N2O2/c1-9(11-3-5-12(6-4-11)27-17(21,22)23)25-15(26)13-7-8-14(16(18,19)20)24-10(13)2/h3-9H,1-2H3,(H,25,26). The first-order chi connectivity index (χ1) is 12.4. The maximum Gasteiger partial charge on any atom is 0.573 e. The summed E-state index contributed by atoms with van der Waals surface area (Å²) in [6.45, 7) is 2.85. The van der Waals surface area contributed by atoms with Gasteiger partial charge >= 0.3 is 12.5 Å². The number of carbonyl (C=O) groups is 1. The number of hydrogen-bond donors (Lipinski definition) is 1. The molecule has 146 valence electrons. The van der Waals surface area contributed by atoms with E-state index in [1.165, 1.54) is 19.1 Å². The summed E-state index contributed by atoms with van der Waals surface area (Å²) in [6.07, 6.45) is -9.43. The fourth-order valence-corrected chi connectivity index (χ4v) is 2.27. The second-order valence-electron chi connectivity index (χ2n) is 5.64. The Bertz CT molecular complexity index is 816. The average Bonchev–Trinajstić information content (AvgIpc) is 2.52. The summed E-state index contributed by atoms with van der Waals surface area (Å²) in [7, 11) is 0. The summed E-state index contributed by atoms with van der Waals surface area (Å²) >= 11 is 0. The number of alkyl halides is 6. The van der Waals surface area contributed by atoms with Crippen LogP contribution in [0.15, 0.2) is 36.4 Å². The van der Waals surface area contributed by atoms with E-state index < -0.39 is 35.9 Å². The highest BCUT2D eigenvalue weighted by Crippen LogP contribution is 2.28. The SMILES string of the molecule is Cc1nc(C(F)(F)F)ccc1C(=O)NC(C)c1ccc(OC(F)(F)F)cc1. The summed E-state index contributed by atoms with van der Waals surface area (Å²) in [5, 5.41) is 2.56. The molecule has 1 heterocycles. The fourth-order valence-electron chi connectivity index (χ4n) is 2.27. The van der Waals surface area contributed by atoms with Crippen LogP contribution in [-0.4, -0.2) is 17.3 Å². The Kier molecular flexibility index (Phi) is 5.67. The van der Waals surface area contributed by atoms with Gasteiger partial charge in [-0.3, -0.25) is 4.79 Å². The van der Waals surface area contributed by atoms with Crippen LogP contribution in [0.1, 0.15) is 40.3 Å². The lowest BCUT2D eigenvalue weighted by molar-refractivity contribution is -0.274. The minimum absolute atomic E-state index is 0.0353. The molecule has 2 rings (SSSR count). The predicted octanol–water partition coefficient (Wildman–Crippen LogP) is 4.80. The lowest BCUT2D eigenvalue weighted by atomic mass is 10.1. The molecule has 0 saturated heterocycles. The van der Waals surface area contributed by atoms with Gasteiger partial charge in [-0.25, -0.2) is 4.98 Å². The van der Waals surface area contributed by atoms with E-state index in [0.717, 1.165) is 18.2 Å². The van der Waals surface area contributed by atoms with Crippen LogP contribution in [0.4, 0.5) is 26.3 Å². The Labute approximate surface area is 150 Å². The van der Waals surface area contributed by atoms with Crippen LogP contribution in [0.25, 0.3) is 0 Å². The highest BCUT2D eigenvalue weighted by Gasteiger charge is 2.33. The molecule has 4 nitrogen and oxygen atoms in total. The second kappa shape index (κ2) is 7.45. The molecule has 10 heteroatoms. The van der Waals surface area contributed by atoms with E-state index in [1.807, 2.05) is 0 Å². The van der Waals surface area contributed by atoms with Crippen molar-refractivity contribution in [1.29, 1.82) is 0 Å². The monoisotopic (exact) mass is 392 g/mol. The minimum Gasteiger partial charge on any atom is -0.406 e. The number of rotatable bonds is 4. The van der Waals surface area contributed by atoms with Crippen LogP contribution in [-0.2, 0) is 6.18 Å². The van der Waals surface area contributed by atoms with Crippen molar-refractivity contribution >= 4 is 5.91 Å². The Morgan fingerprint density at radius 1 is 1.04 bits per heavy atom. The quantitative estimate of drug-likeness (QED) is 0.761. The van der Waals surface area contributed by atoms with Crippen LogP contribution in [0.3, 0.4) is 0 Å². The van der Waals surface area contributed by atoms with Gasteiger partial charge in [0.05, 0.1) is 17.3 Å². The Morgan fingerprint density at radius 3 is 2.11 bits per heavy atom. The van der Waals surface area contributed by atoms with Gasteiger partial charge in [0.25, 0.3) is 5.91 Å². The number of carbonyl (C=O) groups excluding carboxylic acids is 1. The third-order valence-electron chi connectivity index (χ3n) is 3.58. The van der Waals surface area contributed by atoms with Gasteiger partial charge < -0.3 is 10.1 Å². The van der Waals surface area contributed by atoms with Crippen molar-refractivity contribution < 1.29 is 35.9 Å². The lowest BCUT2D eigenvalue weighted by Gasteiger charge is -2.16. The van der Waals surface area contributed by atoms with Crippen molar-refractivity contribution in [2.45, 2.75) is 32.4 Å². The van der Waals surface area contributed by atoms with Gasteiger partial charge in [-0.05, 0) is 43.7 Å². The van der Waals surface area contributed by atoms with Crippen LogP contribution < -0.4 is 10.1 Å². The number of hydrogen-bond acceptors (Lipinski definition) is 3. The van der Waals surface area contributed by atoms with Gasteiger partial charge in [-0.2, -0.15) is 13.2 Å². The third kappa shape index (κ3) is 5.60. The molecule has 27 heavy (non-hydrogen) atoms. The van der Waals surface area contributed by atoms with Crippen LogP contribution in [0, 0.1) is 6.92 Å². The minimum atomic E-state index is -4.81. The highest BCUT2D eigenvalue weighted by atomic mass is 19.4. The molecule has 1 atom stereocenters. The smallest absolute Gasteiger partial charge is 0.406 e. The summed E-state index contributed by atoms with van der Waals surface area (Å²) in [5.41, 5.74) is -0.754. The average molecular weight is 392 g/mol. The van der Waals surface area contributed by atoms with Crippen molar-refractivity contribution in [3.05, 3.63) is 58.9 Å². The van der Waals surface area contributed by atoms with E-state index in [0.29, 0.717) is 11.6 Å². The van der Waals surface area contributed by atoms with Crippen LogP contribution >= 0.6 is 0 Å². The predicted molar refractivity (Wildman–Crippen MR) is 83.0 cm³/mol. The first-order valence-corrected chi connectivity index (χ1v) is 7.58. The van der Waals surface area contributed by atoms with Crippen molar-refractivity contribution in [2.75, 3.05) is 0 Å². The van der Waals surface area contributed by atoms with Gasteiger partial charge in [0, 0.05) is 0 Å². The van der Waals surface area contributed by atoms with Gasteiger partial charge in [0.2, 0.25) is 0 Å². The largest absolute Gasteiger partial charge is 0.573 e. The van der Waals surface area contributed by atoms with E-state index in [9.17, 15) is 31.1 Å². The molecule has 0 aliphatic carbocycles. The molecule has 2 aromatic rings. The number of ether oxygens (including phenoxy) is 1. The number of nitrogens with zero attached hydrogens (tertiary/aromatic N) is 1. The number of aromatic nitrogens is 1. The van der Waals surface area contributed by atoms with Gasteiger partial charge in [0.1, 0.15) is 11.4 Å². The number of halogens is 6. The zero-order valence-corrected chi connectivity index (χ0v) is 14.1. The maximum atomic E-state index is 12.6. The first kappa shape index (κ1) is 20.5. The van der Waals surface area contributed by atoms with E-state index >= 15 is 0 Å². The molecular formula is C17H14F6N2O2. The molecular weight excluding hydrogens is 378 g/mol. The van der Waals surface area contributed by atoms with Gasteiger partial charge in [0.15, 0.2) is 0 Å². The number of aryl methyl sites for hydroxylation is 1. The normalized spacial score (nSPS) is 13.2. The second-order valence-corrected chi connectivity index (χ2v) is 5.64. The summed E-state index contributed by atoms with van der Waals surface area (Å²) in [4.78, 5) is 15.6. The topological polar surface area (TPSA) is 51.2 Å². The fraction of sp³-hybridized carbons (Fsp3) is 0.294. The molecule has 1 amide bonds. The molecule has 0 fully saturated rings. The highest BCUT2D eigenvalue weighted by molar-refractivity contribution is 5.95. The molecule has 0 aliphatic heterocycles. The number of pyridine rings is 1. The Hall–Kier alpha value is -2.78. The Balaban J connectivity index is 2.09. The number of amides is 1. The van der Waals surface area contributed by atoms with Gasteiger partial charge in [-0.1, -0.05) is 12.1 Å². The van der Waals surface area contributed by atoms with Crippen LogP contribution in [0.2, 0.25) is 0 Å². The van der Waals surface area contributed by atoms with Crippen molar-refractivity contribution in [3.63, 3.8) is 0 Å². The molecule has 0 saturated carbocycles. The molecule has 1 aromatic heterocycles. The maximum absolute atomic E-state index is 12.6.